The number of nitrogens with zero attached hydrogens (tertiary/aromatic N) is 3. The Labute approximate surface area is 142 Å². The molecule has 4 rings (SSSR count). The van der Waals surface area contributed by atoms with Crippen molar-refractivity contribution in [1.29, 1.82) is 0 Å². The minimum Gasteiger partial charge on any atom is -0.333 e. The van der Waals surface area contributed by atoms with E-state index in [0.29, 0.717) is 17.8 Å². The van der Waals surface area contributed by atoms with E-state index in [4.69, 9.17) is 0 Å². The first kappa shape index (κ1) is 15.4. The van der Waals surface area contributed by atoms with Gasteiger partial charge in [0.15, 0.2) is 0 Å². The number of likely N-dealkylation sites (tertiary alicyclic amines) is 2. The van der Waals surface area contributed by atoms with Crippen LogP contribution in [0.5, 0.6) is 0 Å². The highest BCUT2D eigenvalue weighted by Crippen LogP contribution is 2.31. The van der Waals surface area contributed by atoms with Crippen molar-refractivity contribution in [3.8, 4) is 0 Å². The van der Waals surface area contributed by atoms with E-state index in [1.807, 2.05) is 0 Å². The minimum atomic E-state index is 0.0987. The van der Waals surface area contributed by atoms with Gasteiger partial charge in [-0.25, -0.2) is 0 Å². The minimum absolute atomic E-state index is 0.0987. The first-order valence-electron chi connectivity index (χ1n) is 8.91. The molecular formula is C19H24N4O. The third kappa shape index (κ3) is 2.96. The quantitative estimate of drug-likeness (QED) is 0.941. The molecule has 1 amide bonds. The van der Waals surface area contributed by atoms with Crippen molar-refractivity contribution in [2.75, 3.05) is 13.1 Å². The van der Waals surface area contributed by atoms with Crippen LogP contribution in [0.1, 0.15) is 41.7 Å². The SMILES string of the molecule is O=C(c1ccn[nH]1)N1CCCC1C1CCCN1Cc1ccccc1. The monoisotopic (exact) mass is 324 g/mol. The van der Waals surface area contributed by atoms with Gasteiger partial charge in [-0.3, -0.25) is 14.8 Å². The highest BCUT2D eigenvalue weighted by molar-refractivity contribution is 5.92. The van der Waals surface area contributed by atoms with Crippen molar-refractivity contribution in [1.82, 2.24) is 20.0 Å². The zero-order valence-electron chi connectivity index (χ0n) is 13.9. The molecule has 24 heavy (non-hydrogen) atoms. The third-order valence-corrected chi connectivity index (χ3v) is 5.38. The lowest BCUT2D eigenvalue weighted by atomic mass is 10.0. The van der Waals surface area contributed by atoms with Crippen LogP contribution in [-0.2, 0) is 6.54 Å². The maximum Gasteiger partial charge on any atom is 0.272 e. The molecule has 1 aromatic carbocycles. The van der Waals surface area contributed by atoms with Gasteiger partial charge < -0.3 is 4.90 Å². The molecule has 2 aliphatic rings. The molecule has 126 valence electrons. The maximum atomic E-state index is 12.8. The van der Waals surface area contributed by atoms with E-state index in [-0.39, 0.29) is 5.91 Å². The zero-order chi connectivity index (χ0) is 16.4. The van der Waals surface area contributed by atoms with E-state index in [9.17, 15) is 4.79 Å². The second kappa shape index (κ2) is 6.77. The number of benzene rings is 1. The first-order chi connectivity index (χ1) is 11.8. The first-order valence-corrected chi connectivity index (χ1v) is 8.91. The average molecular weight is 324 g/mol. The van der Waals surface area contributed by atoms with Crippen molar-refractivity contribution in [3.05, 3.63) is 53.9 Å². The summed E-state index contributed by atoms with van der Waals surface area (Å²) in [4.78, 5) is 17.4. The second-order valence-electron chi connectivity index (χ2n) is 6.84. The van der Waals surface area contributed by atoms with Gasteiger partial charge in [0.25, 0.3) is 5.91 Å². The van der Waals surface area contributed by atoms with Gasteiger partial charge in [0.1, 0.15) is 5.69 Å². The Morgan fingerprint density at radius 3 is 2.67 bits per heavy atom. The number of hydrogen-bond donors (Lipinski definition) is 1. The van der Waals surface area contributed by atoms with Crippen molar-refractivity contribution in [2.24, 2.45) is 0 Å². The van der Waals surface area contributed by atoms with Crippen molar-refractivity contribution >= 4 is 5.91 Å². The van der Waals surface area contributed by atoms with E-state index in [0.717, 1.165) is 32.5 Å². The molecule has 2 aliphatic heterocycles. The highest BCUT2D eigenvalue weighted by Gasteiger charge is 2.40. The molecule has 2 fully saturated rings. The van der Waals surface area contributed by atoms with Crippen molar-refractivity contribution < 1.29 is 4.79 Å². The fourth-order valence-corrected chi connectivity index (χ4v) is 4.28. The van der Waals surface area contributed by atoms with Gasteiger partial charge in [-0.05, 0) is 43.9 Å². The van der Waals surface area contributed by atoms with Crippen LogP contribution in [0.3, 0.4) is 0 Å². The van der Waals surface area contributed by atoms with Crippen LogP contribution in [0.25, 0.3) is 0 Å². The number of aromatic amines is 1. The van der Waals surface area contributed by atoms with Crippen LogP contribution in [-0.4, -0.2) is 51.1 Å². The molecule has 1 N–H and O–H groups in total. The number of amides is 1. The summed E-state index contributed by atoms with van der Waals surface area (Å²) in [6.45, 7) is 2.97. The lowest BCUT2D eigenvalue weighted by Gasteiger charge is -2.35. The third-order valence-electron chi connectivity index (χ3n) is 5.38. The number of carbonyl (C=O) groups excluding carboxylic acids is 1. The molecule has 1 aromatic heterocycles. The molecule has 0 spiro atoms. The summed E-state index contributed by atoms with van der Waals surface area (Å²) in [6.07, 6.45) is 6.26. The predicted octanol–water partition coefficient (Wildman–Crippen LogP) is 2.68. The molecule has 0 aliphatic carbocycles. The smallest absolute Gasteiger partial charge is 0.272 e. The van der Waals surface area contributed by atoms with Crippen LogP contribution in [0, 0.1) is 0 Å². The Balaban J connectivity index is 1.49. The molecule has 2 atom stereocenters. The Morgan fingerprint density at radius 1 is 1.08 bits per heavy atom. The number of H-pyrrole nitrogens is 1. The van der Waals surface area contributed by atoms with Crippen molar-refractivity contribution in [2.45, 2.75) is 44.3 Å². The van der Waals surface area contributed by atoms with E-state index >= 15 is 0 Å². The Hall–Kier alpha value is -2.14. The molecule has 0 radical (unpaired) electrons. The Morgan fingerprint density at radius 2 is 1.88 bits per heavy atom. The number of carbonyl (C=O) groups is 1. The molecule has 2 saturated heterocycles. The fourth-order valence-electron chi connectivity index (χ4n) is 4.28. The van der Waals surface area contributed by atoms with E-state index < -0.39 is 0 Å². The van der Waals surface area contributed by atoms with Crippen LogP contribution in [0.15, 0.2) is 42.6 Å². The summed E-state index contributed by atoms with van der Waals surface area (Å²) < 4.78 is 0. The second-order valence-corrected chi connectivity index (χ2v) is 6.84. The van der Waals surface area contributed by atoms with Crippen LogP contribution < -0.4 is 0 Å². The van der Waals surface area contributed by atoms with Gasteiger partial charge in [0.2, 0.25) is 0 Å². The van der Waals surface area contributed by atoms with Gasteiger partial charge >= 0.3 is 0 Å². The zero-order valence-corrected chi connectivity index (χ0v) is 13.9. The number of hydrogen-bond acceptors (Lipinski definition) is 3. The summed E-state index contributed by atoms with van der Waals surface area (Å²) >= 11 is 0. The summed E-state index contributed by atoms with van der Waals surface area (Å²) in [7, 11) is 0. The van der Waals surface area contributed by atoms with E-state index in [2.05, 4.69) is 50.3 Å². The topological polar surface area (TPSA) is 52.2 Å². The van der Waals surface area contributed by atoms with Crippen LogP contribution >= 0.6 is 0 Å². The Bertz CT molecular complexity index is 670. The molecule has 2 aromatic rings. The van der Waals surface area contributed by atoms with E-state index in [1.54, 1.807) is 12.3 Å². The molecule has 5 heteroatoms. The standard InChI is InChI=1S/C19H24N4O/c24-19(16-10-11-20-21-16)23-13-5-9-18(23)17-8-4-12-22(17)14-15-6-2-1-3-7-15/h1-3,6-7,10-11,17-18H,4-5,8-9,12-14H2,(H,20,21). The van der Waals surface area contributed by atoms with Crippen molar-refractivity contribution in [3.63, 3.8) is 0 Å². The normalized spacial score (nSPS) is 24.6. The maximum absolute atomic E-state index is 12.8. The molecule has 0 bridgehead atoms. The van der Waals surface area contributed by atoms with E-state index in [1.165, 1.54) is 18.4 Å². The predicted molar refractivity (Wildman–Crippen MR) is 92.5 cm³/mol. The summed E-state index contributed by atoms with van der Waals surface area (Å²) in [5.74, 6) is 0.0987. The van der Waals surface area contributed by atoms with Gasteiger partial charge in [0.05, 0.1) is 0 Å². The highest BCUT2D eigenvalue weighted by atomic mass is 16.2. The lowest BCUT2D eigenvalue weighted by molar-refractivity contribution is 0.0633. The van der Waals surface area contributed by atoms with Gasteiger partial charge in [-0.1, -0.05) is 30.3 Å². The largest absolute Gasteiger partial charge is 0.333 e. The summed E-state index contributed by atoms with van der Waals surface area (Å²) in [6, 6.07) is 13.2. The summed E-state index contributed by atoms with van der Waals surface area (Å²) in [5.41, 5.74) is 1.96. The average Bonchev–Trinajstić information content (AvgIpc) is 3.36. The molecule has 0 saturated carbocycles. The van der Waals surface area contributed by atoms with Crippen LogP contribution in [0.4, 0.5) is 0 Å². The molecule has 2 unspecified atom stereocenters. The molecular weight excluding hydrogens is 300 g/mol. The van der Waals surface area contributed by atoms with Gasteiger partial charge in [0, 0.05) is 31.4 Å². The number of rotatable bonds is 4. The number of nitrogens with one attached hydrogen (secondary N) is 1. The van der Waals surface area contributed by atoms with Gasteiger partial charge in [-0.15, -0.1) is 0 Å². The fraction of sp³-hybridized carbons (Fsp3) is 0.474. The molecule has 5 nitrogen and oxygen atoms in total. The van der Waals surface area contributed by atoms with Crippen LogP contribution in [0.2, 0.25) is 0 Å². The number of aromatic nitrogens is 2. The summed E-state index contributed by atoms with van der Waals surface area (Å²) in [5, 5.41) is 6.75. The lowest BCUT2D eigenvalue weighted by Crippen LogP contribution is -2.48. The molecule has 3 heterocycles. The van der Waals surface area contributed by atoms with Gasteiger partial charge in [-0.2, -0.15) is 5.10 Å². The Kier molecular flexibility index (Phi) is 4.34.